The zero-order chi connectivity index (χ0) is 23.7. The molecule has 0 unspecified atom stereocenters. The van der Waals surface area contributed by atoms with Gasteiger partial charge in [-0.25, -0.2) is 0 Å². The lowest BCUT2D eigenvalue weighted by Crippen LogP contribution is -2.44. The summed E-state index contributed by atoms with van der Waals surface area (Å²) in [5.74, 6) is 1.88. The van der Waals surface area contributed by atoms with E-state index in [-0.39, 0.29) is 0 Å². The molecular weight excluding hydrogens is 408 g/mol. The molecule has 0 heteroatoms. The van der Waals surface area contributed by atoms with Crippen molar-refractivity contribution in [3.05, 3.63) is 47.5 Å². The zero-order valence-electron chi connectivity index (χ0n) is 22.8. The second kappa shape index (κ2) is 12.8. The van der Waals surface area contributed by atoms with Crippen molar-refractivity contribution in [1.29, 1.82) is 0 Å². The van der Waals surface area contributed by atoms with Gasteiger partial charge in [0.25, 0.3) is 0 Å². The summed E-state index contributed by atoms with van der Waals surface area (Å²) >= 11 is 0. The molecule has 2 bridgehead atoms. The van der Waals surface area contributed by atoms with E-state index in [1.807, 2.05) is 0 Å². The van der Waals surface area contributed by atoms with Gasteiger partial charge in [0.1, 0.15) is 0 Å². The van der Waals surface area contributed by atoms with E-state index in [0.29, 0.717) is 5.41 Å². The van der Waals surface area contributed by atoms with Crippen LogP contribution in [0.4, 0.5) is 0 Å². The zero-order valence-corrected chi connectivity index (χ0v) is 22.8. The summed E-state index contributed by atoms with van der Waals surface area (Å²) in [6.45, 7) is 4.66. The summed E-state index contributed by atoms with van der Waals surface area (Å²) in [4.78, 5) is 0. The quantitative estimate of drug-likeness (QED) is 0.202. The maximum atomic E-state index is 2.56. The number of benzene rings is 1. The molecule has 0 amide bonds. The summed E-state index contributed by atoms with van der Waals surface area (Å²) in [6.07, 6.45) is 33.6. The molecule has 0 heterocycles. The SMILES string of the molecule is CCCCCC1CCC(C=CCCc2ccc(C34CCC(CCCCC)(CC3)CC4)cc2)CC1. The highest BCUT2D eigenvalue weighted by molar-refractivity contribution is 5.31. The summed E-state index contributed by atoms with van der Waals surface area (Å²) in [6, 6.07) is 9.93. The van der Waals surface area contributed by atoms with Crippen molar-refractivity contribution >= 4 is 0 Å². The van der Waals surface area contributed by atoms with Crippen LogP contribution in [0, 0.1) is 17.3 Å². The average Bonchev–Trinajstić information content (AvgIpc) is 2.89. The van der Waals surface area contributed by atoms with Crippen LogP contribution in [0.25, 0.3) is 0 Å². The summed E-state index contributed by atoms with van der Waals surface area (Å²) < 4.78 is 0. The first-order valence-electron chi connectivity index (χ1n) is 15.4. The van der Waals surface area contributed by atoms with Crippen molar-refractivity contribution in [2.45, 2.75) is 148 Å². The number of hydrogen-bond donors (Lipinski definition) is 0. The molecule has 0 aliphatic heterocycles. The van der Waals surface area contributed by atoms with Crippen molar-refractivity contribution in [2.24, 2.45) is 17.3 Å². The smallest absolute Gasteiger partial charge is 0.00463 e. The third kappa shape index (κ3) is 6.79. The second-order valence-electron chi connectivity index (χ2n) is 12.7. The first kappa shape index (κ1) is 26.0. The van der Waals surface area contributed by atoms with Crippen molar-refractivity contribution < 1.29 is 0 Å². The molecule has 4 aliphatic carbocycles. The molecule has 4 aliphatic rings. The molecule has 4 saturated carbocycles. The van der Waals surface area contributed by atoms with Crippen molar-refractivity contribution in [2.75, 3.05) is 0 Å². The lowest BCUT2D eigenvalue weighted by molar-refractivity contribution is 0.0305. The number of rotatable bonds is 13. The number of unbranched alkanes of at least 4 members (excludes halogenated alkanes) is 4. The van der Waals surface area contributed by atoms with E-state index in [2.05, 4.69) is 50.3 Å². The van der Waals surface area contributed by atoms with E-state index in [1.54, 1.807) is 5.56 Å². The molecule has 0 N–H and O–H groups in total. The fourth-order valence-corrected chi connectivity index (χ4v) is 7.74. The van der Waals surface area contributed by atoms with Crippen LogP contribution < -0.4 is 0 Å². The van der Waals surface area contributed by atoms with E-state index < -0.39 is 0 Å². The third-order valence-electron chi connectivity index (χ3n) is 10.4. The molecule has 190 valence electrons. The Morgan fingerprint density at radius 2 is 1.41 bits per heavy atom. The maximum Gasteiger partial charge on any atom is -0.00463 e. The van der Waals surface area contributed by atoms with Crippen molar-refractivity contribution in [1.82, 2.24) is 0 Å². The maximum absolute atomic E-state index is 2.56. The average molecular weight is 463 g/mol. The Bertz CT molecular complexity index is 705. The number of aryl methyl sites for hydroxylation is 1. The van der Waals surface area contributed by atoms with Gasteiger partial charge >= 0.3 is 0 Å². The molecule has 4 fully saturated rings. The van der Waals surface area contributed by atoms with Gasteiger partial charge < -0.3 is 0 Å². The standard InChI is InChI=1S/C34H54/c1-3-5-7-11-29-14-16-30(17-15-29)12-8-9-13-31-18-20-32(21-19-31)34-26-23-33(24-27-34,25-28-34)22-10-6-4-2/h8,12,18-21,29-30H,3-7,9-11,13-17,22-28H2,1-2H3. The van der Waals surface area contributed by atoms with Crippen LogP contribution in [0.15, 0.2) is 36.4 Å². The van der Waals surface area contributed by atoms with E-state index >= 15 is 0 Å². The first-order valence-corrected chi connectivity index (χ1v) is 15.4. The van der Waals surface area contributed by atoms with E-state index in [4.69, 9.17) is 0 Å². The fourth-order valence-electron chi connectivity index (χ4n) is 7.74. The largest absolute Gasteiger partial charge is 0.0879 e. The predicted molar refractivity (Wildman–Crippen MR) is 149 cm³/mol. The van der Waals surface area contributed by atoms with Gasteiger partial charge in [-0.05, 0) is 117 Å². The molecule has 0 saturated heterocycles. The molecule has 1 aromatic carbocycles. The number of fused-ring (bicyclic) bond motifs is 3. The van der Waals surface area contributed by atoms with Crippen LogP contribution in [-0.4, -0.2) is 0 Å². The van der Waals surface area contributed by atoms with E-state index in [9.17, 15) is 0 Å². The molecule has 0 radical (unpaired) electrons. The van der Waals surface area contributed by atoms with Crippen LogP contribution in [0.3, 0.4) is 0 Å². The molecule has 34 heavy (non-hydrogen) atoms. The van der Waals surface area contributed by atoms with Gasteiger partial charge in [0.05, 0.1) is 0 Å². The lowest BCUT2D eigenvalue weighted by Gasteiger charge is -2.54. The molecular formula is C34H54. The van der Waals surface area contributed by atoms with Gasteiger partial charge in [-0.1, -0.05) is 95.2 Å². The van der Waals surface area contributed by atoms with Gasteiger partial charge in [0.15, 0.2) is 0 Å². The highest BCUT2D eigenvalue weighted by atomic mass is 14.5. The Balaban J connectivity index is 1.17. The van der Waals surface area contributed by atoms with Crippen LogP contribution in [0.1, 0.15) is 147 Å². The Morgan fingerprint density at radius 3 is 2.06 bits per heavy atom. The Hall–Kier alpha value is -1.04. The highest BCUT2D eigenvalue weighted by Crippen LogP contribution is 2.59. The van der Waals surface area contributed by atoms with Crippen LogP contribution in [0.2, 0.25) is 0 Å². The van der Waals surface area contributed by atoms with Gasteiger partial charge in [0.2, 0.25) is 0 Å². The summed E-state index contributed by atoms with van der Waals surface area (Å²) in [5, 5.41) is 0. The topological polar surface area (TPSA) is 0 Å². The van der Waals surface area contributed by atoms with Gasteiger partial charge in [-0.2, -0.15) is 0 Å². The minimum absolute atomic E-state index is 0.514. The van der Waals surface area contributed by atoms with Crippen molar-refractivity contribution in [3.8, 4) is 0 Å². The molecule has 1 aromatic rings. The van der Waals surface area contributed by atoms with Crippen LogP contribution in [-0.2, 0) is 11.8 Å². The van der Waals surface area contributed by atoms with Crippen LogP contribution >= 0.6 is 0 Å². The molecule has 0 nitrogen and oxygen atoms in total. The first-order chi connectivity index (χ1) is 16.7. The molecule has 0 spiro atoms. The third-order valence-corrected chi connectivity index (χ3v) is 10.4. The Labute approximate surface area is 212 Å². The summed E-state index contributed by atoms with van der Waals surface area (Å²) in [7, 11) is 0. The minimum Gasteiger partial charge on any atom is -0.0879 e. The predicted octanol–water partition coefficient (Wildman–Crippen LogP) is 10.7. The van der Waals surface area contributed by atoms with Gasteiger partial charge in [-0.3, -0.25) is 0 Å². The molecule has 0 atom stereocenters. The van der Waals surface area contributed by atoms with Gasteiger partial charge in [-0.15, -0.1) is 0 Å². The lowest BCUT2D eigenvalue weighted by atomic mass is 9.51. The normalized spacial score (nSPS) is 31.4. The van der Waals surface area contributed by atoms with E-state index in [1.165, 1.54) is 134 Å². The summed E-state index contributed by atoms with van der Waals surface area (Å²) in [5.41, 5.74) is 4.42. The molecule has 5 rings (SSSR count). The van der Waals surface area contributed by atoms with E-state index in [0.717, 1.165) is 17.3 Å². The van der Waals surface area contributed by atoms with Gasteiger partial charge in [0, 0.05) is 0 Å². The molecule has 0 aromatic heterocycles. The Morgan fingerprint density at radius 1 is 0.765 bits per heavy atom. The number of hydrogen-bond acceptors (Lipinski definition) is 0. The van der Waals surface area contributed by atoms with Crippen LogP contribution in [0.5, 0.6) is 0 Å². The Kier molecular flexibility index (Phi) is 9.79. The monoisotopic (exact) mass is 462 g/mol. The number of allylic oxidation sites excluding steroid dienone is 2. The fraction of sp³-hybridized carbons (Fsp3) is 0.765. The van der Waals surface area contributed by atoms with Crippen molar-refractivity contribution in [3.63, 3.8) is 0 Å². The minimum atomic E-state index is 0.514. The second-order valence-corrected chi connectivity index (χ2v) is 12.7. The highest BCUT2D eigenvalue weighted by Gasteiger charge is 2.48.